The van der Waals surface area contributed by atoms with Crippen molar-refractivity contribution in [3.05, 3.63) is 28.3 Å². The molecule has 0 aromatic heterocycles. The van der Waals surface area contributed by atoms with E-state index in [0.717, 1.165) is 37.1 Å². The molecule has 1 aromatic rings. The van der Waals surface area contributed by atoms with Crippen molar-refractivity contribution in [3.63, 3.8) is 0 Å². The number of hydrogen-bond acceptors (Lipinski definition) is 3. The van der Waals surface area contributed by atoms with Gasteiger partial charge in [0.25, 0.3) is 0 Å². The zero-order chi connectivity index (χ0) is 15.4. The van der Waals surface area contributed by atoms with Crippen molar-refractivity contribution < 1.29 is 9.90 Å². The molecule has 116 valence electrons. The second kappa shape index (κ2) is 7.25. The summed E-state index contributed by atoms with van der Waals surface area (Å²) in [6.07, 6.45) is 1.90. The Morgan fingerprint density at radius 3 is 2.62 bits per heavy atom. The van der Waals surface area contributed by atoms with Crippen molar-refractivity contribution in [2.75, 3.05) is 31.6 Å². The normalized spacial score (nSPS) is 17.0. The van der Waals surface area contributed by atoms with Crippen LogP contribution >= 0.6 is 11.6 Å². The lowest BCUT2D eigenvalue weighted by atomic mass is 9.98. The quantitative estimate of drug-likeness (QED) is 0.899. The van der Waals surface area contributed by atoms with Gasteiger partial charge in [-0.1, -0.05) is 17.7 Å². The molecule has 0 bridgehead atoms. The first-order chi connectivity index (χ1) is 9.99. The number of aliphatic hydroxyl groups excluding tert-OH is 1. The third-order valence-electron chi connectivity index (χ3n) is 4.03. The topological polar surface area (TPSA) is 52.6 Å². The van der Waals surface area contributed by atoms with Crippen molar-refractivity contribution in [1.29, 1.82) is 0 Å². The van der Waals surface area contributed by atoms with Gasteiger partial charge in [-0.2, -0.15) is 0 Å². The van der Waals surface area contributed by atoms with Crippen LogP contribution in [-0.4, -0.2) is 42.2 Å². The predicted octanol–water partition coefficient (Wildman–Crippen LogP) is 2.60. The van der Waals surface area contributed by atoms with Gasteiger partial charge in [0.2, 0.25) is 5.91 Å². The monoisotopic (exact) mass is 310 g/mol. The fourth-order valence-electron chi connectivity index (χ4n) is 2.78. The molecule has 1 heterocycles. The number of nitrogens with one attached hydrogen (secondary N) is 1. The van der Waals surface area contributed by atoms with Crippen LogP contribution in [0.25, 0.3) is 0 Å². The highest BCUT2D eigenvalue weighted by molar-refractivity contribution is 6.34. The molecule has 1 saturated heterocycles. The fourth-order valence-corrected chi connectivity index (χ4v) is 3.15. The summed E-state index contributed by atoms with van der Waals surface area (Å²) in [6.45, 7) is 6.27. The summed E-state index contributed by atoms with van der Waals surface area (Å²) in [5.74, 6) is 0.351. The van der Waals surface area contributed by atoms with Crippen molar-refractivity contribution in [3.8, 4) is 0 Å². The van der Waals surface area contributed by atoms with Gasteiger partial charge in [-0.25, -0.2) is 0 Å². The maximum absolute atomic E-state index is 12.2. The summed E-state index contributed by atoms with van der Waals surface area (Å²) in [4.78, 5) is 14.3. The molecule has 1 aliphatic heterocycles. The fraction of sp³-hybridized carbons (Fsp3) is 0.562. The SMILES string of the molecule is Cc1cc(C)c(NC(=O)CN2CCC(CO)CC2)c(Cl)c1. The number of aryl methyl sites for hydroxylation is 2. The predicted molar refractivity (Wildman–Crippen MR) is 85.8 cm³/mol. The maximum Gasteiger partial charge on any atom is 0.238 e. The van der Waals surface area contributed by atoms with E-state index < -0.39 is 0 Å². The summed E-state index contributed by atoms with van der Waals surface area (Å²) in [5, 5.41) is 12.6. The van der Waals surface area contributed by atoms with Crippen LogP contribution in [0.15, 0.2) is 12.1 Å². The van der Waals surface area contributed by atoms with Crippen LogP contribution in [0.5, 0.6) is 0 Å². The Labute approximate surface area is 131 Å². The van der Waals surface area contributed by atoms with Gasteiger partial charge in [-0.05, 0) is 62.9 Å². The molecule has 0 spiro atoms. The van der Waals surface area contributed by atoms with Crippen LogP contribution in [0.2, 0.25) is 5.02 Å². The van der Waals surface area contributed by atoms with E-state index in [4.69, 9.17) is 16.7 Å². The first-order valence-corrected chi connectivity index (χ1v) is 7.77. The average Bonchev–Trinajstić information content (AvgIpc) is 2.43. The van der Waals surface area contributed by atoms with E-state index in [1.54, 1.807) is 0 Å². The first kappa shape index (κ1) is 16.3. The second-order valence-electron chi connectivity index (χ2n) is 5.89. The molecular formula is C16H23ClN2O2. The van der Waals surface area contributed by atoms with Crippen LogP contribution in [-0.2, 0) is 4.79 Å². The zero-order valence-electron chi connectivity index (χ0n) is 12.7. The number of anilines is 1. The molecule has 0 aliphatic carbocycles. The van der Waals surface area contributed by atoms with Gasteiger partial charge in [0.15, 0.2) is 0 Å². The standard InChI is InChI=1S/C16H23ClN2O2/c1-11-7-12(2)16(14(17)8-11)18-15(21)9-19-5-3-13(10-20)4-6-19/h7-8,13,20H,3-6,9-10H2,1-2H3,(H,18,21). The van der Waals surface area contributed by atoms with Crippen LogP contribution in [0, 0.1) is 19.8 Å². The number of halogens is 1. The highest BCUT2D eigenvalue weighted by Crippen LogP contribution is 2.27. The van der Waals surface area contributed by atoms with Gasteiger partial charge >= 0.3 is 0 Å². The molecule has 0 unspecified atom stereocenters. The number of carbonyl (C=O) groups is 1. The van der Waals surface area contributed by atoms with E-state index in [0.29, 0.717) is 23.2 Å². The minimum absolute atomic E-state index is 0.0358. The van der Waals surface area contributed by atoms with E-state index >= 15 is 0 Å². The molecular weight excluding hydrogens is 288 g/mol. The second-order valence-corrected chi connectivity index (χ2v) is 6.30. The van der Waals surface area contributed by atoms with Crippen LogP contribution < -0.4 is 5.32 Å². The molecule has 1 fully saturated rings. The Bertz CT molecular complexity index is 488. The van der Waals surface area contributed by atoms with Gasteiger partial charge < -0.3 is 10.4 Å². The van der Waals surface area contributed by atoms with Crippen molar-refractivity contribution in [2.24, 2.45) is 5.92 Å². The number of hydrogen-bond donors (Lipinski definition) is 2. The Balaban J connectivity index is 1.91. The summed E-state index contributed by atoms with van der Waals surface area (Å²) >= 11 is 6.20. The molecule has 1 aromatic carbocycles. The van der Waals surface area contributed by atoms with Crippen molar-refractivity contribution >= 4 is 23.2 Å². The molecule has 0 saturated carbocycles. The lowest BCUT2D eigenvalue weighted by Gasteiger charge is -2.30. The number of aliphatic hydroxyl groups is 1. The molecule has 1 amide bonds. The summed E-state index contributed by atoms with van der Waals surface area (Å²) in [7, 11) is 0. The van der Waals surface area contributed by atoms with Crippen LogP contribution in [0.1, 0.15) is 24.0 Å². The van der Waals surface area contributed by atoms with E-state index in [1.807, 2.05) is 26.0 Å². The zero-order valence-corrected chi connectivity index (χ0v) is 13.4. The highest BCUT2D eigenvalue weighted by Gasteiger charge is 2.20. The molecule has 2 N–H and O–H groups in total. The maximum atomic E-state index is 12.2. The van der Waals surface area contributed by atoms with Gasteiger partial charge in [0, 0.05) is 6.61 Å². The number of likely N-dealkylation sites (tertiary alicyclic amines) is 1. The van der Waals surface area contributed by atoms with Crippen molar-refractivity contribution in [2.45, 2.75) is 26.7 Å². The molecule has 0 atom stereocenters. The smallest absolute Gasteiger partial charge is 0.238 e. The molecule has 2 rings (SSSR count). The highest BCUT2D eigenvalue weighted by atomic mass is 35.5. The van der Waals surface area contributed by atoms with Gasteiger partial charge in [0.1, 0.15) is 0 Å². The lowest BCUT2D eigenvalue weighted by Crippen LogP contribution is -2.39. The van der Waals surface area contributed by atoms with Crippen molar-refractivity contribution in [1.82, 2.24) is 4.90 Å². The van der Waals surface area contributed by atoms with E-state index in [9.17, 15) is 4.79 Å². The average molecular weight is 311 g/mol. The third kappa shape index (κ3) is 4.43. The summed E-state index contributed by atoms with van der Waals surface area (Å²) in [6, 6.07) is 3.87. The number of benzene rings is 1. The molecule has 0 radical (unpaired) electrons. The molecule has 5 heteroatoms. The Morgan fingerprint density at radius 2 is 2.05 bits per heavy atom. The Hall–Kier alpha value is -1.10. The first-order valence-electron chi connectivity index (χ1n) is 7.39. The number of nitrogens with zero attached hydrogens (tertiary/aromatic N) is 1. The minimum atomic E-state index is -0.0358. The number of carbonyl (C=O) groups excluding carboxylic acids is 1. The van der Waals surface area contributed by atoms with Gasteiger partial charge in [-0.3, -0.25) is 9.69 Å². The van der Waals surface area contributed by atoms with E-state index in [2.05, 4.69) is 10.2 Å². The van der Waals surface area contributed by atoms with Crippen LogP contribution in [0.3, 0.4) is 0 Å². The Kier molecular flexibility index (Phi) is 5.62. The molecule has 4 nitrogen and oxygen atoms in total. The largest absolute Gasteiger partial charge is 0.396 e. The minimum Gasteiger partial charge on any atom is -0.396 e. The Morgan fingerprint density at radius 1 is 1.38 bits per heavy atom. The number of rotatable bonds is 4. The number of piperidine rings is 1. The van der Waals surface area contributed by atoms with Gasteiger partial charge in [0.05, 0.1) is 17.3 Å². The third-order valence-corrected chi connectivity index (χ3v) is 4.33. The molecule has 1 aliphatic rings. The van der Waals surface area contributed by atoms with Crippen LogP contribution in [0.4, 0.5) is 5.69 Å². The molecule has 21 heavy (non-hydrogen) atoms. The van der Waals surface area contributed by atoms with Gasteiger partial charge in [-0.15, -0.1) is 0 Å². The summed E-state index contributed by atoms with van der Waals surface area (Å²) < 4.78 is 0. The number of amides is 1. The summed E-state index contributed by atoms with van der Waals surface area (Å²) in [5.41, 5.74) is 2.77. The van der Waals surface area contributed by atoms with E-state index in [-0.39, 0.29) is 12.5 Å². The van der Waals surface area contributed by atoms with E-state index in [1.165, 1.54) is 0 Å². The lowest BCUT2D eigenvalue weighted by molar-refractivity contribution is -0.117.